The van der Waals surface area contributed by atoms with Crippen LogP contribution in [0.3, 0.4) is 0 Å². The Morgan fingerprint density at radius 2 is 1.23 bits per heavy atom. The van der Waals surface area contributed by atoms with Gasteiger partial charge < -0.3 is 4.43 Å². The second kappa shape index (κ2) is 15.4. The van der Waals surface area contributed by atoms with E-state index in [1.807, 2.05) is 6.26 Å². The van der Waals surface area contributed by atoms with Gasteiger partial charge in [-0.25, -0.2) is 0 Å². The molecule has 0 aromatic carbocycles. The molecule has 0 saturated heterocycles. The summed E-state index contributed by atoms with van der Waals surface area (Å²) in [5.74, 6) is 0. The highest BCUT2D eigenvalue weighted by molar-refractivity contribution is 6.73. The molecular weight excluding hydrogens is 284 g/mol. The van der Waals surface area contributed by atoms with Crippen molar-refractivity contribution < 1.29 is 4.43 Å². The molecule has 0 aromatic rings. The minimum Gasteiger partial charge on any atom is -0.549 e. The summed E-state index contributed by atoms with van der Waals surface area (Å²) in [6, 6.07) is 3.64. The van der Waals surface area contributed by atoms with E-state index in [0.717, 1.165) is 0 Å². The summed E-state index contributed by atoms with van der Waals surface area (Å²) in [5.41, 5.74) is 0. The van der Waals surface area contributed by atoms with Crippen LogP contribution in [0, 0.1) is 0 Å². The second-order valence-corrected chi connectivity index (χ2v) is 11.1. The molecule has 0 bridgehead atoms. The Balaban J connectivity index is 3.56. The number of hydrogen-bond donors (Lipinski definition) is 0. The van der Waals surface area contributed by atoms with Crippen LogP contribution in [0.5, 0.6) is 0 Å². The topological polar surface area (TPSA) is 9.23 Å². The van der Waals surface area contributed by atoms with Crippen LogP contribution in [-0.4, -0.2) is 8.32 Å². The Morgan fingerprint density at radius 1 is 0.682 bits per heavy atom. The third-order valence-corrected chi connectivity index (χ3v) is 9.30. The van der Waals surface area contributed by atoms with Crippen molar-refractivity contribution in [1.82, 2.24) is 0 Å². The third kappa shape index (κ3) is 11.1. The monoisotopic (exact) mass is 324 g/mol. The number of unbranched alkanes of at least 4 members (excludes halogenated alkanes) is 8. The van der Waals surface area contributed by atoms with Crippen LogP contribution in [0.15, 0.2) is 24.5 Å². The lowest BCUT2D eigenvalue weighted by atomic mass is 10.1. The average molecular weight is 325 g/mol. The maximum absolute atomic E-state index is 6.08. The zero-order chi connectivity index (χ0) is 16.5. The number of hydrogen-bond acceptors (Lipinski definition) is 1. The van der Waals surface area contributed by atoms with Crippen LogP contribution >= 0.6 is 0 Å². The van der Waals surface area contributed by atoms with Gasteiger partial charge in [-0.05, 0) is 37.0 Å². The average Bonchev–Trinajstić information content (AvgIpc) is 2.56. The fourth-order valence-corrected chi connectivity index (χ4v) is 5.17. The highest BCUT2D eigenvalue weighted by atomic mass is 28.4. The van der Waals surface area contributed by atoms with Crippen molar-refractivity contribution in [1.29, 1.82) is 0 Å². The molecule has 2 heteroatoms. The molecule has 0 spiro atoms. The fourth-order valence-electron chi connectivity index (χ4n) is 2.80. The summed E-state index contributed by atoms with van der Waals surface area (Å²) < 4.78 is 6.08. The fraction of sp³-hybridized carbons (Fsp3) is 0.800. The van der Waals surface area contributed by atoms with Crippen molar-refractivity contribution in [2.75, 3.05) is 0 Å². The molecular formula is C20H40OSi. The Labute approximate surface area is 141 Å². The molecule has 22 heavy (non-hydrogen) atoms. The first-order valence-electron chi connectivity index (χ1n) is 9.74. The van der Waals surface area contributed by atoms with Crippen molar-refractivity contribution in [2.24, 2.45) is 0 Å². The molecule has 0 radical (unpaired) electrons. The van der Waals surface area contributed by atoms with Gasteiger partial charge in [0, 0.05) is 0 Å². The summed E-state index contributed by atoms with van der Waals surface area (Å²) >= 11 is 0. The quantitative estimate of drug-likeness (QED) is 0.130. The lowest BCUT2D eigenvalue weighted by Crippen LogP contribution is -2.33. The summed E-state index contributed by atoms with van der Waals surface area (Å²) in [6.07, 6.45) is 20.8. The van der Waals surface area contributed by atoms with Gasteiger partial charge in [-0.3, -0.25) is 0 Å². The van der Waals surface area contributed by atoms with Crippen molar-refractivity contribution in [3.63, 3.8) is 0 Å². The van der Waals surface area contributed by atoms with E-state index in [1.165, 1.54) is 75.9 Å². The molecule has 0 aliphatic heterocycles. The minimum atomic E-state index is -1.44. The van der Waals surface area contributed by atoms with Gasteiger partial charge in [-0.2, -0.15) is 0 Å². The molecule has 0 rings (SSSR count). The maximum Gasteiger partial charge on any atom is 0.249 e. The Bertz CT molecular complexity index is 271. The molecule has 0 N–H and O–H groups in total. The van der Waals surface area contributed by atoms with E-state index in [0.29, 0.717) is 0 Å². The van der Waals surface area contributed by atoms with Gasteiger partial charge in [0.2, 0.25) is 8.32 Å². The van der Waals surface area contributed by atoms with Crippen molar-refractivity contribution in [3.05, 3.63) is 24.5 Å². The van der Waals surface area contributed by atoms with Crippen molar-refractivity contribution in [2.45, 2.75) is 104 Å². The van der Waals surface area contributed by atoms with Crippen LogP contribution in [0.25, 0.3) is 0 Å². The van der Waals surface area contributed by atoms with E-state index in [4.69, 9.17) is 4.43 Å². The molecule has 0 unspecified atom stereocenters. The molecule has 0 saturated carbocycles. The summed E-state index contributed by atoms with van der Waals surface area (Å²) in [5, 5.41) is 0. The van der Waals surface area contributed by atoms with Crippen LogP contribution in [0.4, 0.5) is 0 Å². The lowest BCUT2D eigenvalue weighted by molar-refractivity contribution is 0.458. The Morgan fingerprint density at radius 3 is 1.77 bits per heavy atom. The standard InChI is InChI=1S/C20H40OSi/c1-5-9-10-11-12-13-14-15-16-17-18-19-20-21-22(6-2,7-3)8-4/h17-20H,5-16H2,1-4H3. The molecule has 130 valence electrons. The first-order chi connectivity index (χ1) is 10.7. The number of allylic oxidation sites excluding steroid dienone is 3. The molecule has 0 fully saturated rings. The van der Waals surface area contributed by atoms with E-state index in [9.17, 15) is 0 Å². The molecule has 0 amide bonds. The highest BCUT2D eigenvalue weighted by Gasteiger charge is 2.28. The third-order valence-electron chi connectivity index (χ3n) is 4.80. The van der Waals surface area contributed by atoms with Gasteiger partial charge >= 0.3 is 0 Å². The van der Waals surface area contributed by atoms with Crippen LogP contribution in [-0.2, 0) is 4.43 Å². The lowest BCUT2D eigenvalue weighted by Gasteiger charge is -2.26. The van der Waals surface area contributed by atoms with Gasteiger partial charge in [0.25, 0.3) is 0 Å². The number of rotatable bonds is 15. The van der Waals surface area contributed by atoms with Crippen LogP contribution in [0.1, 0.15) is 85.5 Å². The van der Waals surface area contributed by atoms with Gasteiger partial charge in [-0.15, -0.1) is 0 Å². The van der Waals surface area contributed by atoms with Crippen LogP contribution in [0.2, 0.25) is 18.1 Å². The van der Waals surface area contributed by atoms with Crippen molar-refractivity contribution >= 4 is 8.32 Å². The predicted octanol–water partition coefficient (Wildman–Crippen LogP) is 7.61. The zero-order valence-corrected chi connectivity index (χ0v) is 16.7. The summed E-state index contributed by atoms with van der Waals surface area (Å²) in [7, 11) is -1.44. The first-order valence-corrected chi connectivity index (χ1v) is 12.3. The zero-order valence-electron chi connectivity index (χ0n) is 15.7. The SMILES string of the molecule is CCCCCCCCCCC=CC=CO[Si](CC)(CC)CC. The Hall–Kier alpha value is -0.503. The van der Waals surface area contributed by atoms with Crippen molar-refractivity contribution in [3.8, 4) is 0 Å². The summed E-state index contributed by atoms with van der Waals surface area (Å²) in [6.45, 7) is 9.09. The minimum absolute atomic E-state index is 1.21. The molecule has 0 aliphatic rings. The molecule has 1 nitrogen and oxygen atoms in total. The molecule has 0 atom stereocenters. The molecule has 0 heterocycles. The summed E-state index contributed by atoms with van der Waals surface area (Å²) in [4.78, 5) is 0. The Kier molecular flexibility index (Phi) is 15.0. The van der Waals surface area contributed by atoms with E-state index >= 15 is 0 Å². The van der Waals surface area contributed by atoms with Gasteiger partial charge in [0.15, 0.2) is 0 Å². The van der Waals surface area contributed by atoms with Gasteiger partial charge in [0.1, 0.15) is 0 Å². The smallest absolute Gasteiger partial charge is 0.249 e. The van der Waals surface area contributed by atoms with Crippen LogP contribution < -0.4 is 0 Å². The van der Waals surface area contributed by atoms with Gasteiger partial charge in [0.05, 0.1) is 6.26 Å². The van der Waals surface area contributed by atoms with E-state index < -0.39 is 8.32 Å². The van der Waals surface area contributed by atoms with E-state index in [2.05, 4.69) is 45.9 Å². The maximum atomic E-state index is 6.08. The van der Waals surface area contributed by atoms with Gasteiger partial charge in [-0.1, -0.05) is 84.8 Å². The largest absolute Gasteiger partial charge is 0.549 e. The second-order valence-electron chi connectivity index (χ2n) is 6.38. The molecule has 0 aliphatic carbocycles. The van der Waals surface area contributed by atoms with E-state index in [1.54, 1.807) is 0 Å². The first kappa shape index (κ1) is 21.5. The van der Waals surface area contributed by atoms with E-state index in [-0.39, 0.29) is 0 Å². The molecule has 0 aromatic heterocycles. The highest BCUT2D eigenvalue weighted by Crippen LogP contribution is 2.21. The predicted molar refractivity (Wildman–Crippen MR) is 104 cm³/mol. The normalized spacial score (nSPS) is 12.5.